The van der Waals surface area contributed by atoms with E-state index in [0.717, 1.165) is 6.54 Å². The fourth-order valence-electron chi connectivity index (χ4n) is 1.75. The van der Waals surface area contributed by atoms with Crippen molar-refractivity contribution in [2.24, 2.45) is 0 Å². The Kier molecular flexibility index (Phi) is 3.87. The summed E-state index contributed by atoms with van der Waals surface area (Å²) in [4.78, 5) is 0. The molecule has 1 heteroatoms. The highest BCUT2D eigenvalue weighted by atomic mass is 15.0. The molecule has 0 saturated carbocycles. The van der Waals surface area contributed by atoms with E-state index in [1.54, 1.807) is 0 Å². The molecule has 1 nitrogen and oxygen atoms in total. The van der Waals surface area contributed by atoms with Crippen LogP contribution in [0.4, 0.5) is 0 Å². The van der Waals surface area contributed by atoms with E-state index in [9.17, 15) is 0 Å². The number of likely N-dealkylation sites (N-methyl/N-ethyl adjacent to an activating group) is 1. The maximum absolute atomic E-state index is 2.32. The van der Waals surface area contributed by atoms with Crippen molar-refractivity contribution in [1.29, 1.82) is 0 Å². The summed E-state index contributed by atoms with van der Waals surface area (Å²) in [7, 11) is 2.16. The minimum atomic E-state index is 1.16. The lowest BCUT2D eigenvalue weighted by atomic mass is 9.98. The first-order valence-electron chi connectivity index (χ1n) is 5.42. The molecule has 0 radical (unpaired) electrons. The zero-order valence-corrected chi connectivity index (χ0v) is 9.67. The molecule has 0 atom stereocenters. The van der Waals surface area contributed by atoms with Crippen molar-refractivity contribution >= 4 is 5.71 Å². The molecule has 1 aromatic rings. The Morgan fingerprint density at radius 3 is 2.50 bits per heavy atom. The number of hydrogen-bond acceptors (Lipinski definition) is 0. The van der Waals surface area contributed by atoms with Crippen molar-refractivity contribution in [3.63, 3.8) is 0 Å². The second-order valence-electron chi connectivity index (χ2n) is 3.41. The third-order valence-corrected chi connectivity index (χ3v) is 2.70. The van der Waals surface area contributed by atoms with E-state index in [2.05, 4.69) is 42.8 Å². The summed E-state index contributed by atoms with van der Waals surface area (Å²) in [5, 5.41) is 0. The minimum absolute atomic E-state index is 1.16. The highest BCUT2D eigenvalue weighted by Crippen LogP contribution is 2.14. The summed E-state index contributed by atoms with van der Waals surface area (Å²) in [6.07, 6.45) is 1.18. The van der Waals surface area contributed by atoms with Crippen LogP contribution in [0.15, 0.2) is 24.3 Å². The maximum Gasteiger partial charge on any atom is 0.180 e. The van der Waals surface area contributed by atoms with E-state index in [4.69, 9.17) is 0 Å². The Bertz CT molecular complexity index is 337. The molecular formula is C13H20N+. The van der Waals surface area contributed by atoms with Crippen LogP contribution >= 0.6 is 0 Å². The van der Waals surface area contributed by atoms with Gasteiger partial charge in [-0.2, -0.15) is 0 Å². The molecule has 76 valence electrons. The minimum Gasteiger partial charge on any atom is -0.236 e. The van der Waals surface area contributed by atoms with Crippen molar-refractivity contribution < 1.29 is 4.58 Å². The normalized spacial score (nSPS) is 14.3. The highest BCUT2D eigenvalue weighted by molar-refractivity contribution is 5.96. The Labute approximate surface area is 87.1 Å². The molecule has 1 heterocycles. The van der Waals surface area contributed by atoms with Crippen LogP contribution in [0.3, 0.4) is 0 Å². The van der Waals surface area contributed by atoms with Gasteiger partial charge in [-0.1, -0.05) is 32.0 Å². The summed E-state index contributed by atoms with van der Waals surface area (Å²) in [5.74, 6) is 0. The Hall–Kier alpha value is -1.11. The number of fused-ring (bicyclic) bond motifs is 1. The van der Waals surface area contributed by atoms with Gasteiger partial charge in [0.15, 0.2) is 5.71 Å². The molecule has 0 saturated heterocycles. The molecule has 0 aliphatic carbocycles. The van der Waals surface area contributed by atoms with Gasteiger partial charge in [0.2, 0.25) is 0 Å². The summed E-state index contributed by atoms with van der Waals surface area (Å²) in [6.45, 7) is 7.35. The van der Waals surface area contributed by atoms with Crippen molar-refractivity contribution in [1.82, 2.24) is 0 Å². The summed E-state index contributed by atoms with van der Waals surface area (Å²) < 4.78 is 2.32. The third-order valence-electron chi connectivity index (χ3n) is 2.70. The van der Waals surface area contributed by atoms with Gasteiger partial charge in [-0.05, 0) is 11.6 Å². The van der Waals surface area contributed by atoms with Crippen LogP contribution < -0.4 is 0 Å². The largest absolute Gasteiger partial charge is 0.236 e. The molecule has 0 amide bonds. The molecule has 1 aliphatic rings. The van der Waals surface area contributed by atoms with Gasteiger partial charge in [0, 0.05) is 18.9 Å². The van der Waals surface area contributed by atoms with E-state index in [1.807, 2.05) is 13.8 Å². The monoisotopic (exact) mass is 190 g/mol. The van der Waals surface area contributed by atoms with E-state index >= 15 is 0 Å². The van der Waals surface area contributed by atoms with Gasteiger partial charge < -0.3 is 0 Å². The predicted molar refractivity (Wildman–Crippen MR) is 62.3 cm³/mol. The van der Waals surface area contributed by atoms with E-state index in [-0.39, 0.29) is 0 Å². The zero-order valence-electron chi connectivity index (χ0n) is 9.67. The first-order valence-corrected chi connectivity index (χ1v) is 5.42. The van der Waals surface area contributed by atoms with Crippen LogP contribution in [0.25, 0.3) is 0 Å². The lowest BCUT2D eigenvalue weighted by molar-refractivity contribution is -0.498. The second-order valence-corrected chi connectivity index (χ2v) is 3.41. The van der Waals surface area contributed by atoms with Crippen LogP contribution in [0.2, 0.25) is 0 Å². The lowest BCUT2D eigenvalue weighted by Crippen LogP contribution is -2.24. The number of hydrogen-bond donors (Lipinski definition) is 0. The topological polar surface area (TPSA) is 3.01 Å². The summed E-state index contributed by atoms with van der Waals surface area (Å²) in [6, 6.07) is 8.67. The molecule has 0 unspecified atom stereocenters. The molecule has 1 aliphatic heterocycles. The van der Waals surface area contributed by atoms with Crippen molar-refractivity contribution in [3.05, 3.63) is 35.4 Å². The van der Waals surface area contributed by atoms with Crippen molar-refractivity contribution in [3.8, 4) is 0 Å². The van der Waals surface area contributed by atoms with Crippen LogP contribution in [0, 0.1) is 0 Å². The number of benzene rings is 1. The van der Waals surface area contributed by atoms with Crippen LogP contribution in [0.5, 0.6) is 0 Å². The quantitative estimate of drug-likeness (QED) is 0.553. The average Bonchev–Trinajstić information content (AvgIpc) is 2.27. The van der Waals surface area contributed by atoms with Crippen molar-refractivity contribution in [2.75, 3.05) is 13.6 Å². The molecule has 2 rings (SSSR count). The van der Waals surface area contributed by atoms with E-state index < -0.39 is 0 Å². The molecule has 0 N–H and O–H groups in total. The second kappa shape index (κ2) is 4.94. The van der Waals surface area contributed by atoms with Crippen molar-refractivity contribution in [2.45, 2.75) is 27.2 Å². The molecule has 14 heavy (non-hydrogen) atoms. The van der Waals surface area contributed by atoms with Gasteiger partial charge in [0.1, 0.15) is 13.6 Å². The molecule has 0 bridgehead atoms. The Balaban J connectivity index is 0.000000461. The average molecular weight is 190 g/mol. The van der Waals surface area contributed by atoms with E-state index in [0.29, 0.717) is 0 Å². The molecular weight excluding hydrogens is 170 g/mol. The van der Waals surface area contributed by atoms with Crippen LogP contribution in [0.1, 0.15) is 31.9 Å². The fraction of sp³-hybridized carbons (Fsp3) is 0.462. The number of rotatable bonds is 0. The van der Waals surface area contributed by atoms with Crippen LogP contribution in [-0.4, -0.2) is 23.9 Å². The van der Waals surface area contributed by atoms with Gasteiger partial charge in [-0.3, -0.25) is 0 Å². The molecule has 0 aromatic heterocycles. The molecule has 0 fully saturated rings. The number of nitrogens with zero attached hydrogens (tertiary/aromatic N) is 1. The zero-order chi connectivity index (χ0) is 10.6. The van der Waals surface area contributed by atoms with Gasteiger partial charge in [-0.25, -0.2) is 4.58 Å². The van der Waals surface area contributed by atoms with Gasteiger partial charge in [0.25, 0.3) is 0 Å². The maximum atomic E-state index is 2.32. The van der Waals surface area contributed by atoms with Gasteiger partial charge in [0.05, 0.1) is 0 Å². The highest BCUT2D eigenvalue weighted by Gasteiger charge is 2.17. The first-order chi connectivity index (χ1) is 6.79. The smallest absolute Gasteiger partial charge is 0.180 e. The standard InChI is InChI=1S/C11H14N.C2H6/c1-9-11-6-4-3-5-10(11)7-8-12(9)2;1-2/h3-6H,7-8H2,1-2H3;1-2H3/q+1;. The predicted octanol–water partition coefficient (Wildman–Crippen LogP) is 2.72. The Morgan fingerprint density at radius 1 is 1.14 bits per heavy atom. The van der Waals surface area contributed by atoms with Gasteiger partial charge in [-0.15, -0.1) is 0 Å². The lowest BCUT2D eigenvalue weighted by Gasteiger charge is -2.13. The SMILES string of the molecule is CC.CC1=[N+](C)CCc2ccccc21. The first kappa shape index (κ1) is 11.0. The third kappa shape index (κ3) is 2.03. The van der Waals surface area contributed by atoms with E-state index in [1.165, 1.54) is 23.3 Å². The molecule has 0 spiro atoms. The Morgan fingerprint density at radius 2 is 1.79 bits per heavy atom. The summed E-state index contributed by atoms with van der Waals surface area (Å²) >= 11 is 0. The van der Waals surface area contributed by atoms with Gasteiger partial charge >= 0.3 is 0 Å². The molecule has 1 aromatic carbocycles. The summed E-state index contributed by atoms with van der Waals surface area (Å²) in [5.41, 5.74) is 4.32. The fourth-order valence-corrected chi connectivity index (χ4v) is 1.75. The van der Waals surface area contributed by atoms with Crippen LogP contribution in [-0.2, 0) is 6.42 Å².